The third kappa shape index (κ3) is 6.01. The zero-order valence-electron chi connectivity index (χ0n) is 15.1. The average Bonchev–Trinajstić information content (AvgIpc) is 2.67. The summed E-state index contributed by atoms with van der Waals surface area (Å²) in [6.07, 6.45) is -2.76. The summed E-state index contributed by atoms with van der Waals surface area (Å²) in [6, 6.07) is 16.7. The van der Waals surface area contributed by atoms with Crippen LogP contribution in [0.1, 0.15) is 24.0 Å². The molecule has 3 nitrogen and oxygen atoms in total. The van der Waals surface area contributed by atoms with Gasteiger partial charge in [-0.05, 0) is 24.5 Å². The number of benzene rings is 2. The van der Waals surface area contributed by atoms with Crippen LogP contribution in [0.25, 0.3) is 0 Å². The minimum absolute atomic E-state index is 0. The largest absolute Gasteiger partial charge is 0.484 e. The number of alkyl halides is 4. The third-order valence-electron chi connectivity index (χ3n) is 4.67. The molecule has 1 aliphatic heterocycles. The number of nitrogens with one attached hydrogen (secondary N) is 2. The lowest BCUT2D eigenvalue weighted by Crippen LogP contribution is -2.58. The molecule has 8 heteroatoms. The predicted molar refractivity (Wildman–Crippen MR) is 107 cm³/mol. The summed E-state index contributed by atoms with van der Waals surface area (Å²) in [6.45, 7) is -0.293. The van der Waals surface area contributed by atoms with E-state index in [0.29, 0.717) is 18.7 Å². The smallest absolute Gasteiger partial charge is 0.422 e. The van der Waals surface area contributed by atoms with Gasteiger partial charge in [0.1, 0.15) is 5.75 Å². The van der Waals surface area contributed by atoms with Crippen LogP contribution >= 0.6 is 24.0 Å². The van der Waals surface area contributed by atoms with Crippen molar-refractivity contribution in [3.05, 3.63) is 65.7 Å². The van der Waals surface area contributed by atoms with Gasteiger partial charge in [-0.25, -0.2) is 0 Å². The van der Waals surface area contributed by atoms with Crippen LogP contribution in [0.5, 0.6) is 5.75 Å². The monoisotopic (exact) mass is 434 g/mol. The fraction of sp³-hybridized carbons (Fsp3) is 0.400. The minimum atomic E-state index is -4.37. The minimum Gasteiger partial charge on any atom is -0.484 e. The Bertz CT molecular complexity index is 736. The van der Waals surface area contributed by atoms with Gasteiger partial charge in [0.25, 0.3) is 0 Å². The highest BCUT2D eigenvalue weighted by Crippen LogP contribution is 2.31. The molecule has 1 saturated heterocycles. The van der Waals surface area contributed by atoms with Gasteiger partial charge in [-0.15, -0.1) is 24.0 Å². The van der Waals surface area contributed by atoms with E-state index in [1.807, 2.05) is 30.3 Å². The molecule has 0 radical (unpaired) electrons. The van der Waals surface area contributed by atoms with Gasteiger partial charge in [0.05, 0.1) is 5.66 Å². The first-order valence-corrected chi connectivity index (χ1v) is 9.29. The molecule has 3 rings (SSSR count). The first-order chi connectivity index (χ1) is 12.9. The Kier molecular flexibility index (Phi) is 8.01. The van der Waals surface area contributed by atoms with Crippen molar-refractivity contribution in [3.63, 3.8) is 0 Å². The summed E-state index contributed by atoms with van der Waals surface area (Å²) in [5, 5.41) is 7.04. The SMILES string of the molecule is Cl.FC(F)(F)COc1ccccc1CNC1(c2ccccc2)CCC(Cl)CN1. The molecule has 2 aromatic rings. The first kappa shape index (κ1) is 22.8. The number of halogens is 5. The van der Waals surface area contributed by atoms with Crippen molar-refractivity contribution in [2.45, 2.75) is 36.6 Å². The maximum Gasteiger partial charge on any atom is 0.422 e. The van der Waals surface area contributed by atoms with Gasteiger partial charge >= 0.3 is 6.18 Å². The molecule has 28 heavy (non-hydrogen) atoms. The standard InChI is InChI=1S/C20H22ClF3N2O.ClH/c21-17-10-11-19(26-13-17,16-7-2-1-3-8-16)25-12-15-6-4-5-9-18(15)27-14-20(22,23)24;/h1-9,17,25-26H,10-14H2;1H. The Morgan fingerprint density at radius 2 is 1.79 bits per heavy atom. The van der Waals surface area contributed by atoms with Gasteiger partial charge in [-0.2, -0.15) is 13.2 Å². The van der Waals surface area contributed by atoms with Crippen molar-refractivity contribution in [1.29, 1.82) is 0 Å². The average molecular weight is 435 g/mol. The van der Waals surface area contributed by atoms with E-state index in [1.165, 1.54) is 0 Å². The summed E-state index contributed by atoms with van der Waals surface area (Å²) in [5.74, 6) is 0.233. The maximum atomic E-state index is 12.5. The van der Waals surface area contributed by atoms with Crippen LogP contribution in [-0.2, 0) is 12.2 Å². The van der Waals surface area contributed by atoms with Crippen LogP contribution < -0.4 is 15.4 Å². The van der Waals surface area contributed by atoms with Gasteiger partial charge < -0.3 is 4.74 Å². The Morgan fingerprint density at radius 3 is 2.43 bits per heavy atom. The van der Waals surface area contributed by atoms with E-state index in [0.717, 1.165) is 18.4 Å². The number of para-hydroxylation sites is 1. The highest BCUT2D eigenvalue weighted by atomic mass is 35.5. The fourth-order valence-corrected chi connectivity index (χ4v) is 3.45. The van der Waals surface area contributed by atoms with Crippen molar-refractivity contribution in [1.82, 2.24) is 10.6 Å². The molecule has 0 amide bonds. The van der Waals surface area contributed by atoms with Gasteiger partial charge in [0.15, 0.2) is 6.61 Å². The first-order valence-electron chi connectivity index (χ1n) is 8.85. The Balaban J connectivity index is 0.00000280. The Morgan fingerprint density at radius 1 is 1.11 bits per heavy atom. The highest BCUT2D eigenvalue weighted by molar-refractivity contribution is 6.20. The molecule has 2 unspecified atom stereocenters. The number of ether oxygens (including phenoxy) is 1. The quantitative estimate of drug-likeness (QED) is 0.628. The second kappa shape index (κ2) is 9.83. The molecule has 0 aromatic heterocycles. The van der Waals surface area contributed by atoms with E-state index >= 15 is 0 Å². The van der Waals surface area contributed by atoms with Gasteiger partial charge in [-0.1, -0.05) is 48.5 Å². The molecule has 0 saturated carbocycles. The molecular formula is C20H23Cl2F3N2O. The molecule has 2 N–H and O–H groups in total. The summed E-state index contributed by atoms with van der Waals surface area (Å²) in [7, 11) is 0. The molecular weight excluding hydrogens is 412 g/mol. The van der Waals surface area contributed by atoms with Crippen molar-refractivity contribution in [2.24, 2.45) is 0 Å². The van der Waals surface area contributed by atoms with Crippen LogP contribution in [-0.4, -0.2) is 24.7 Å². The van der Waals surface area contributed by atoms with Crippen molar-refractivity contribution >= 4 is 24.0 Å². The highest BCUT2D eigenvalue weighted by Gasteiger charge is 2.36. The van der Waals surface area contributed by atoms with Gasteiger partial charge in [0.2, 0.25) is 0 Å². The van der Waals surface area contributed by atoms with Crippen LogP contribution in [0.2, 0.25) is 0 Å². The lowest BCUT2D eigenvalue weighted by molar-refractivity contribution is -0.153. The number of hydrogen-bond acceptors (Lipinski definition) is 3. The zero-order chi connectivity index (χ0) is 19.3. The summed E-state index contributed by atoms with van der Waals surface area (Å²) < 4.78 is 42.5. The van der Waals surface area contributed by atoms with Crippen LogP contribution in [0.15, 0.2) is 54.6 Å². The molecule has 1 fully saturated rings. The number of rotatable bonds is 6. The molecule has 2 atom stereocenters. The molecule has 2 aromatic carbocycles. The van der Waals surface area contributed by atoms with Crippen molar-refractivity contribution in [3.8, 4) is 5.75 Å². The molecule has 154 valence electrons. The molecule has 1 aliphatic rings. The van der Waals surface area contributed by atoms with Crippen LogP contribution in [0.4, 0.5) is 13.2 Å². The zero-order valence-corrected chi connectivity index (χ0v) is 16.7. The van der Waals surface area contributed by atoms with E-state index in [1.54, 1.807) is 24.3 Å². The van der Waals surface area contributed by atoms with E-state index < -0.39 is 18.4 Å². The lowest BCUT2D eigenvalue weighted by Gasteiger charge is -2.41. The fourth-order valence-electron chi connectivity index (χ4n) is 3.27. The summed E-state index contributed by atoms with van der Waals surface area (Å²) in [5.41, 5.74) is 1.26. The molecule has 1 heterocycles. The Hall–Kier alpha value is -1.47. The van der Waals surface area contributed by atoms with E-state index in [9.17, 15) is 13.2 Å². The molecule has 0 bridgehead atoms. The maximum absolute atomic E-state index is 12.5. The van der Waals surface area contributed by atoms with E-state index in [2.05, 4.69) is 10.6 Å². The van der Waals surface area contributed by atoms with Crippen LogP contribution in [0.3, 0.4) is 0 Å². The topological polar surface area (TPSA) is 33.3 Å². The molecule has 0 aliphatic carbocycles. The van der Waals surface area contributed by atoms with Crippen molar-refractivity contribution < 1.29 is 17.9 Å². The second-order valence-electron chi connectivity index (χ2n) is 6.65. The van der Waals surface area contributed by atoms with E-state index in [4.69, 9.17) is 16.3 Å². The van der Waals surface area contributed by atoms with Crippen LogP contribution in [0, 0.1) is 0 Å². The summed E-state index contributed by atoms with van der Waals surface area (Å²) >= 11 is 6.24. The van der Waals surface area contributed by atoms with Gasteiger partial charge in [0, 0.05) is 24.0 Å². The molecule has 0 spiro atoms. The second-order valence-corrected chi connectivity index (χ2v) is 7.27. The number of hydrogen-bond donors (Lipinski definition) is 2. The normalized spacial score (nSPS) is 22.4. The third-order valence-corrected chi connectivity index (χ3v) is 5.04. The summed E-state index contributed by atoms with van der Waals surface area (Å²) in [4.78, 5) is 0. The predicted octanol–water partition coefficient (Wildman–Crippen LogP) is 4.98. The lowest BCUT2D eigenvalue weighted by atomic mass is 9.89. The van der Waals surface area contributed by atoms with Crippen molar-refractivity contribution in [2.75, 3.05) is 13.2 Å². The van der Waals surface area contributed by atoms with E-state index in [-0.39, 0.29) is 23.5 Å². The Labute approximate surface area is 174 Å². The number of piperidine rings is 1. The van der Waals surface area contributed by atoms with Gasteiger partial charge in [-0.3, -0.25) is 10.6 Å².